The predicted molar refractivity (Wildman–Crippen MR) is 58.5 cm³/mol. The van der Waals surface area contributed by atoms with E-state index in [4.69, 9.17) is 0 Å². The summed E-state index contributed by atoms with van der Waals surface area (Å²) in [5.74, 6) is 0.610. The molecule has 2 N–H and O–H groups in total. The lowest BCUT2D eigenvalue weighted by Crippen LogP contribution is -2.37. The average molecular weight is 208 g/mol. The van der Waals surface area contributed by atoms with Crippen molar-refractivity contribution in [2.24, 2.45) is 0 Å². The van der Waals surface area contributed by atoms with Crippen molar-refractivity contribution in [2.75, 3.05) is 11.9 Å². The van der Waals surface area contributed by atoms with Gasteiger partial charge in [0.25, 0.3) is 0 Å². The van der Waals surface area contributed by atoms with Crippen LogP contribution in [0.2, 0.25) is 0 Å². The fraction of sp³-hybridized carbons (Fsp3) is 0.500. The third kappa shape index (κ3) is 3.19. The van der Waals surface area contributed by atoms with Gasteiger partial charge in [-0.2, -0.15) is 0 Å². The Morgan fingerprint density at radius 1 is 1.47 bits per heavy atom. The highest BCUT2D eigenvalue weighted by Crippen LogP contribution is 2.07. The fourth-order valence-electron chi connectivity index (χ4n) is 1.15. The highest BCUT2D eigenvalue weighted by atomic mass is 16.2. The lowest BCUT2D eigenvalue weighted by molar-refractivity contribution is -0.121. The molecule has 1 aromatic rings. The molecule has 5 nitrogen and oxygen atoms in total. The number of carbonyl (C=O) groups excluding carboxylic acids is 1. The molecule has 15 heavy (non-hydrogen) atoms. The first-order valence-corrected chi connectivity index (χ1v) is 4.97. The normalized spacial score (nSPS) is 11.9. The van der Waals surface area contributed by atoms with Crippen LogP contribution in [0.1, 0.15) is 19.5 Å². The Labute approximate surface area is 89.3 Å². The second-order valence-corrected chi connectivity index (χ2v) is 3.25. The topological polar surface area (TPSA) is 66.9 Å². The van der Waals surface area contributed by atoms with Gasteiger partial charge in [-0.15, -0.1) is 0 Å². The highest BCUT2D eigenvalue weighted by Gasteiger charge is 2.12. The van der Waals surface area contributed by atoms with Crippen molar-refractivity contribution in [1.29, 1.82) is 0 Å². The van der Waals surface area contributed by atoms with Gasteiger partial charge in [0.1, 0.15) is 11.9 Å². The van der Waals surface area contributed by atoms with Gasteiger partial charge in [-0.3, -0.25) is 9.78 Å². The number of carbonyl (C=O) groups is 1. The Hall–Kier alpha value is -1.65. The number of likely N-dealkylation sites (N-methyl/N-ethyl adjacent to an activating group) is 1. The van der Waals surface area contributed by atoms with Crippen LogP contribution < -0.4 is 10.6 Å². The van der Waals surface area contributed by atoms with Crippen molar-refractivity contribution in [3.05, 3.63) is 18.1 Å². The SMILES string of the molecule is CCNC(=O)C(C)Nc1nccnc1C. The minimum atomic E-state index is -0.305. The second-order valence-electron chi connectivity index (χ2n) is 3.25. The maximum absolute atomic E-state index is 11.4. The molecule has 5 heteroatoms. The smallest absolute Gasteiger partial charge is 0.242 e. The summed E-state index contributed by atoms with van der Waals surface area (Å²) in [5, 5.41) is 5.74. The van der Waals surface area contributed by atoms with E-state index in [9.17, 15) is 4.79 Å². The summed E-state index contributed by atoms with van der Waals surface area (Å²) in [6.45, 7) is 6.15. The molecule has 1 aromatic heterocycles. The Bertz CT molecular complexity index is 340. The van der Waals surface area contributed by atoms with E-state index in [0.717, 1.165) is 5.69 Å². The zero-order valence-electron chi connectivity index (χ0n) is 9.24. The minimum absolute atomic E-state index is 0.0393. The van der Waals surface area contributed by atoms with Crippen molar-refractivity contribution in [2.45, 2.75) is 26.8 Å². The van der Waals surface area contributed by atoms with Crippen LogP contribution in [0, 0.1) is 6.92 Å². The fourth-order valence-corrected chi connectivity index (χ4v) is 1.15. The molecule has 0 aromatic carbocycles. The molecule has 82 valence electrons. The monoisotopic (exact) mass is 208 g/mol. The van der Waals surface area contributed by atoms with Gasteiger partial charge in [0.2, 0.25) is 5.91 Å². The van der Waals surface area contributed by atoms with E-state index in [1.165, 1.54) is 0 Å². The van der Waals surface area contributed by atoms with E-state index >= 15 is 0 Å². The minimum Gasteiger partial charge on any atom is -0.357 e. The van der Waals surface area contributed by atoms with Crippen molar-refractivity contribution >= 4 is 11.7 Å². The van der Waals surface area contributed by atoms with E-state index in [-0.39, 0.29) is 11.9 Å². The first kappa shape index (κ1) is 11.4. The molecular weight excluding hydrogens is 192 g/mol. The maximum Gasteiger partial charge on any atom is 0.242 e. The molecule has 0 spiro atoms. The molecule has 0 radical (unpaired) electrons. The summed E-state index contributed by atoms with van der Waals surface area (Å²) in [4.78, 5) is 19.6. The quantitative estimate of drug-likeness (QED) is 0.765. The van der Waals surface area contributed by atoms with Gasteiger partial charge >= 0.3 is 0 Å². The zero-order valence-corrected chi connectivity index (χ0v) is 9.24. The van der Waals surface area contributed by atoms with Gasteiger partial charge in [-0.25, -0.2) is 4.98 Å². The predicted octanol–water partition coefficient (Wildman–Crippen LogP) is 0.722. The van der Waals surface area contributed by atoms with Crippen LogP contribution in [-0.4, -0.2) is 28.5 Å². The van der Waals surface area contributed by atoms with E-state index in [0.29, 0.717) is 12.4 Å². The van der Waals surface area contributed by atoms with Gasteiger partial charge in [0, 0.05) is 18.9 Å². The summed E-state index contributed by atoms with van der Waals surface area (Å²) >= 11 is 0. The largest absolute Gasteiger partial charge is 0.357 e. The molecule has 0 fully saturated rings. The van der Waals surface area contributed by atoms with Crippen molar-refractivity contribution in [3.63, 3.8) is 0 Å². The van der Waals surface area contributed by atoms with E-state index in [1.807, 2.05) is 13.8 Å². The van der Waals surface area contributed by atoms with Crippen molar-refractivity contribution < 1.29 is 4.79 Å². The highest BCUT2D eigenvalue weighted by molar-refractivity contribution is 5.83. The summed E-state index contributed by atoms with van der Waals surface area (Å²) in [5.41, 5.74) is 0.786. The van der Waals surface area contributed by atoms with Crippen LogP contribution in [-0.2, 0) is 4.79 Å². The number of hydrogen-bond donors (Lipinski definition) is 2. The molecule has 0 aliphatic rings. The van der Waals surface area contributed by atoms with E-state index in [1.54, 1.807) is 19.3 Å². The van der Waals surface area contributed by atoms with Crippen molar-refractivity contribution in [1.82, 2.24) is 15.3 Å². The third-order valence-electron chi connectivity index (χ3n) is 1.98. The van der Waals surface area contributed by atoms with Gasteiger partial charge in [-0.1, -0.05) is 0 Å². The number of aromatic nitrogens is 2. The molecular formula is C10H16N4O. The number of rotatable bonds is 4. The number of nitrogens with one attached hydrogen (secondary N) is 2. The van der Waals surface area contributed by atoms with Gasteiger partial charge in [-0.05, 0) is 20.8 Å². The molecule has 1 rings (SSSR count). The molecule has 0 aliphatic heterocycles. The van der Waals surface area contributed by atoms with Crippen LogP contribution in [0.15, 0.2) is 12.4 Å². The van der Waals surface area contributed by atoms with Crippen LogP contribution in [0.3, 0.4) is 0 Å². The van der Waals surface area contributed by atoms with Crippen LogP contribution in [0.5, 0.6) is 0 Å². The Morgan fingerprint density at radius 3 is 2.73 bits per heavy atom. The van der Waals surface area contributed by atoms with Gasteiger partial charge in [0.15, 0.2) is 0 Å². The Morgan fingerprint density at radius 2 is 2.13 bits per heavy atom. The first-order valence-electron chi connectivity index (χ1n) is 4.97. The van der Waals surface area contributed by atoms with Gasteiger partial charge in [0.05, 0.1) is 5.69 Å². The summed E-state index contributed by atoms with van der Waals surface area (Å²) in [6.07, 6.45) is 3.22. The molecule has 0 bridgehead atoms. The first-order chi connectivity index (χ1) is 7.15. The standard InChI is InChI=1S/C10H16N4O/c1-4-11-10(15)8(3)14-9-7(2)12-5-6-13-9/h5-6,8H,4H2,1-3H3,(H,11,15)(H,13,14). The lowest BCUT2D eigenvalue weighted by atomic mass is 10.3. The summed E-state index contributed by atoms with van der Waals surface area (Å²) in [7, 11) is 0. The lowest BCUT2D eigenvalue weighted by Gasteiger charge is -2.14. The van der Waals surface area contributed by atoms with Crippen molar-refractivity contribution in [3.8, 4) is 0 Å². The average Bonchev–Trinajstić information content (AvgIpc) is 2.21. The number of amides is 1. The van der Waals surface area contributed by atoms with Crippen LogP contribution >= 0.6 is 0 Å². The van der Waals surface area contributed by atoms with Crippen LogP contribution in [0.25, 0.3) is 0 Å². The summed E-state index contributed by atoms with van der Waals surface area (Å²) in [6, 6.07) is -0.305. The Kier molecular flexibility index (Phi) is 4.03. The third-order valence-corrected chi connectivity index (χ3v) is 1.98. The van der Waals surface area contributed by atoms with E-state index < -0.39 is 0 Å². The summed E-state index contributed by atoms with van der Waals surface area (Å²) < 4.78 is 0. The Balaban J connectivity index is 2.62. The number of aryl methyl sites for hydroxylation is 1. The molecule has 1 amide bonds. The molecule has 1 heterocycles. The molecule has 0 saturated carbocycles. The number of anilines is 1. The number of hydrogen-bond acceptors (Lipinski definition) is 4. The maximum atomic E-state index is 11.4. The molecule has 0 aliphatic carbocycles. The second kappa shape index (κ2) is 5.29. The number of nitrogens with zero attached hydrogens (tertiary/aromatic N) is 2. The van der Waals surface area contributed by atoms with E-state index in [2.05, 4.69) is 20.6 Å². The van der Waals surface area contributed by atoms with Crippen LogP contribution in [0.4, 0.5) is 5.82 Å². The van der Waals surface area contributed by atoms with Gasteiger partial charge < -0.3 is 10.6 Å². The molecule has 1 atom stereocenters. The molecule has 0 saturated heterocycles. The zero-order chi connectivity index (χ0) is 11.3. The molecule has 1 unspecified atom stereocenters.